The molecule has 0 amide bonds. The van der Waals surface area contributed by atoms with E-state index in [-0.39, 0.29) is 11.7 Å². The SMILES string of the molecule is COc1cc(CN2CC[C@@]3(CCCO3)[C@@H](OC)C2)cc(OC)c1. The van der Waals surface area contributed by atoms with E-state index in [1.807, 2.05) is 6.07 Å². The van der Waals surface area contributed by atoms with Gasteiger partial charge in [-0.3, -0.25) is 4.90 Å². The molecule has 1 aromatic carbocycles. The van der Waals surface area contributed by atoms with Crippen LogP contribution in [-0.2, 0) is 16.0 Å². The Kier molecular flexibility index (Phi) is 5.09. The van der Waals surface area contributed by atoms with Crippen LogP contribution in [0, 0.1) is 0 Å². The maximum atomic E-state index is 6.06. The van der Waals surface area contributed by atoms with E-state index in [0.29, 0.717) is 0 Å². The van der Waals surface area contributed by atoms with Crippen molar-refractivity contribution in [3.8, 4) is 11.5 Å². The van der Waals surface area contributed by atoms with Gasteiger partial charge in [0.1, 0.15) is 11.5 Å². The molecule has 0 bridgehead atoms. The van der Waals surface area contributed by atoms with Gasteiger partial charge < -0.3 is 18.9 Å². The first kappa shape index (κ1) is 16.6. The average molecular weight is 321 g/mol. The van der Waals surface area contributed by atoms with Crippen LogP contribution < -0.4 is 9.47 Å². The van der Waals surface area contributed by atoms with E-state index in [0.717, 1.165) is 57.0 Å². The third-order valence-corrected chi connectivity index (χ3v) is 5.10. The maximum absolute atomic E-state index is 6.06. The van der Waals surface area contributed by atoms with Gasteiger partial charge in [-0.1, -0.05) is 0 Å². The highest BCUT2D eigenvalue weighted by molar-refractivity contribution is 5.38. The molecule has 3 rings (SSSR count). The van der Waals surface area contributed by atoms with Crippen LogP contribution in [0.2, 0.25) is 0 Å². The van der Waals surface area contributed by atoms with Crippen LogP contribution in [0.3, 0.4) is 0 Å². The van der Waals surface area contributed by atoms with Gasteiger partial charge in [0.15, 0.2) is 0 Å². The number of methoxy groups -OCH3 is 3. The smallest absolute Gasteiger partial charge is 0.122 e. The van der Waals surface area contributed by atoms with Crippen LogP contribution in [0.25, 0.3) is 0 Å². The van der Waals surface area contributed by atoms with Crippen molar-refractivity contribution in [3.05, 3.63) is 23.8 Å². The Balaban J connectivity index is 1.69. The Hall–Kier alpha value is -1.30. The van der Waals surface area contributed by atoms with Crippen molar-refractivity contribution in [1.82, 2.24) is 4.90 Å². The van der Waals surface area contributed by atoms with E-state index in [4.69, 9.17) is 18.9 Å². The number of piperidine rings is 1. The molecule has 0 unspecified atom stereocenters. The molecule has 2 heterocycles. The molecule has 0 saturated carbocycles. The lowest BCUT2D eigenvalue weighted by Gasteiger charge is -2.44. The summed E-state index contributed by atoms with van der Waals surface area (Å²) in [7, 11) is 5.16. The highest BCUT2D eigenvalue weighted by Gasteiger charge is 2.46. The van der Waals surface area contributed by atoms with Crippen molar-refractivity contribution in [1.29, 1.82) is 0 Å². The molecule has 0 radical (unpaired) electrons. The molecule has 0 aromatic heterocycles. The zero-order valence-corrected chi connectivity index (χ0v) is 14.3. The molecule has 2 aliphatic heterocycles. The first-order chi connectivity index (χ1) is 11.2. The van der Waals surface area contributed by atoms with Crippen molar-refractivity contribution in [2.75, 3.05) is 41.0 Å². The second kappa shape index (κ2) is 7.07. The van der Waals surface area contributed by atoms with Gasteiger partial charge in [-0.2, -0.15) is 0 Å². The first-order valence-corrected chi connectivity index (χ1v) is 8.30. The van der Waals surface area contributed by atoms with E-state index >= 15 is 0 Å². The standard InChI is InChI=1S/C18H27NO4/c1-20-15-9-14(10-16(11-15)21-2)12-19-7-6-18(5-4-8-23-18)17(13-19)22-3/h9-11,17H,4-8,12-13H2,1-3H3/t17-,18-/m0/s1. The fraction of sp³-hybridized carbons (Fsp3) is 0.667. The van der Waals surface area contributed by atoms with Crippen LogP contribution >= 0.6 is 0 Å². The molecular formula is C18H27NO4. The van der Waals surface area contributed by atoms with Gasteiger partial charge >= 0.3 is 0 Å². The number of likely N-dealkylation sites (tertiary alicyclic amines) is 1. The summed E-state index contributed by atoms with van der Waals surface area (Å²) in [5, 5.41) is 0. The first-order valence-electron chi connectivity index (χ1n) is 8.30. The molecule has 2 atom stereocenters. The molecule has 2 saturated heterocycles. The van der Waals surface area contributed by atoms with Gasteiger partial charge in [-0.25, -0.2) is 0 Å². The highest BCUT2D eigenvalue weighted by atomic mass is 16.5. The molecule has 1 aromatic rings. The van der Waals surface area contributed by atoms with Gasteiger partial charge in [0, 0.05) is 39.4 Å². The molecule has 1 spiro atoms. The van der Waals surface area contributed by atoms with Crippen molar-refractivity contribution in [2.24, 2.45) is 0 Å². The van der Waals surface area contributed by atoms with Gasteiger partial charge in [0.05, 0.1) is 25.9 Å². The van der Waals surface area contributed by atoms with Crippen molar-refractivity contribution in [3.63, 3.8) is 0 Å². The third kappa shape index (κ3) is 3.47. The van der Waals surface area contributed by atoms with Crippen LogP contribution in [0.15, 0.2) is 18.2 Å². The Morgan fingerprint density at radius 3 is 2.43 bits per heavy atom. The Bertz CT molecular complexity index is 506. The summed E-state index contributed by atoms with van der Waals surface area (Å²) >= 11 is 0. The number of nitrogens with zero attached hydrogens (tertiary/aromatic N) is 1. The van der Waals surface area contributed by atoms with Gasteiger partial charge in [-0.05, 0) is 37.0 Å². The van der Waals surface area contributed by atoms with Crippen molar-refractivity contribution in [2.45, 2.75) is 37.5 Å². The molecule has 23 heavy (non-hydrogen) atoms. The second-order valence-corrected chi connectivity index (χ2v) is 6.45. The van der Waals surface area contributed by atoms with Crippen LogP contribution in [-0.4, -0.2) is 57.6 Å². The van der Waals surface area contributed by atoms with Crippen LogP contribution in [0.1, 0.15) is 24.8 Å². The predicted molar refractivity (Wildman–Crippen MR) is 88.2 cm³/mol. The molecule has 0 aliphatic carbocycles. The summed E-state index contributed by atoms with van der Waals surface area (Å²) in [6.45, 7) is 3.66. The number of ether oxygens (including phenoxy) is 4. The van der Waals surface area contributed by atoms with Crippen LogP contribution in [0.4, 0.5) is 0 Å². The summed E-state index contributed by atoms with van der Waals surface area (Å²) in [4.78, 5) is 2.43. The minimum Gasteiger partial charge on any atom is -0.497 e. The maximum Gasteiger partial charge on any atom is 0.122 e. The number of hydrogen-bond acceptors (Lipinski definition) is 5. The number of benzene rings is 1. The molecule has 128 valence electrons. The monoisotopic (exact) mass is 321 g/mol. The van der Waals surface area contributed by atoms with Gasteiger partial charge in [0.25, 0.3) is 0 Å². The van der Waals surface area contributed by atoms with Gasteiger partial charge in [-0.15, -0.1) is 0 Å². The summed E-state index contributed by atoms with van der Waals surface area (Å²) < 4.78 is 22.6. The predicted octanol–water partition coefficient (Wildman–Crippen LogP) is 2.47. The minimum absolute atomic E-state index is 0.0582. The van der Waals surface area contributed by atoms with Gasteiger partial charge in [0.2, 0.25) is 0 Å². The molecule has 2 fully saturated rings. The summed E-state index contributed by atoms with van der Waals surface area (Å²) in [6, 6.07) is 6.04. The summed E-state index contributed by atoms with van der Waals surface area (Å²) in [5.41, 5.74) is 1.14. The molecule has 0 N–H and O–H groups in total. The quantitative estimate of drug-likeness (QED) is 0.833. The fourth-order valence-electron chi connectivity index (χ4n) is 3.82. The molecule has 5 heteroatoms. The van der Waals surface area contributed by atoms with Crippen molar-refractivity contribution < 1.29 is 18.9 Å². The zero-order chi connectivity index (χ0) is 16.3. The molecule has 2 aliphatic rings. The van der Waals surface area contributed by atoms with Crippen molar-refractivity contribution >= 4 is 0 Å². The summed E-state index contributed by atoms with van der Waals surface area (Å²) in [6.07, 6.45) is 3.44. The number of rotatable bonds is 5. The topological polar surface area (TPSA) is 40.2 Å². The zero-order valence-electron chi connectivity index (χ0n) is 14.3. The second-order valence-electron chi connectivity index (χ2n) is 6.45. The van der Waals surface area contributed by atoms with E-state index in [2.05, 4.69) is 17.0 Å². The molecular weight excluding hydrogens is 294 g/mol. The lowest BCUT2D eigenvalue weighted by atomic mass is 9.85. The lowest BCUT2D eigenvalue weighted by molar-refractivity contribution is -0.143. The van der Waals surface area contributed by atoms with E-state index < -0.39 is 0 Å². The largest absolute Gasteiger partial charge is 0.497 e. The highest BCUT2D eigenvalue weighted by Crippen LogP contribution is 2.37. The molecule has 5 nitrogen and oxygen atoms in total. The fourth-order valence-corrected chi connectivity index (χ4v) is 3.82. The normalized spacial score (nSPS) is 28.2. The third-order valence-electron chi connectivity index (χ3n) is 5.10. The Morgan fingerprint density at radius 1 is 1.13 bits per heavy atom. The van der Waals surface area contributed by atoms with Crippen LogP contribution in [0.5, 0.6) is 11.5 Å². The lowest BCUT2D eigenvalue weighted by Crippen LogP contribution is -2.55. The minimum atomic E-state index is -0.0582. The number of hydrogen-bond donors (Lipinski definition) is 0. The Labute approximate surface area is 138 Å². The Morgan fingerprint density at radius 2 is 1.87 bits per heavy atom. The van der Waals surface area contributed by atoms with E-state index in [9.17, 15) is 0 Å². The van der Waals surface area contributed by atoms with E-state index in [1.165, 1.54) is 5.56 Å². The van der Waals surface area contributed by atoms with E-state index in [1.54, 1.807) is 21.3 Å². The average Bonchev–Trinajstić information content (AvgIpc) is 3.05. The summed E-state index contributed by atoms with van der Waals surface area (Å²) in [5.74, 6) is 1.66.